The van der Waals surface area contributed by atoms with Crippen LogP contribution in [0.5, 0.6) is 0 Å². The number of aromatic nitrogens is 2. The lowest BCUT2D eigenvalue weighted by atomic mass is 10.2. The number of hydrogen-bond donors (Lipinski definition) is 2. The van der Waals surface area contributed by atoms with Gasteiger partial charge in [-0.2, -0.15) is 0 Å². The molecule has 0 fully saturated rings. The summed E-state index contributed by atoms with van der Waals surface area (Å²) < 4.78 is 12.8. The summed E-state index contributed by atoms with van der Waals surface area (Å²) in [6, 6.07) is 1.16. The number of fused-ring (bicyclic) bond motifs is 1. The average molecular weight is 194 g/mol. The Hall–Kier alpha value is -1.91. The van der Waals surface area contributed by atoms with Gasteiger partial charge >= 0.3 is 5.97 Å². The Morgan fingerprint density at radius 2 is 2.36 bits per heavy atom. The van der Waals surface area contributed by atoms with Gasteiger partial charge < -0.3 is 10.1 Å². The van der Waals surface area contributed by atoms with Crippen LogP contribution >= 0.6 is 0 Å². The van der Waals surface area contributed by atoms with E-state index in [-0.39, 0.29) is 5.56 Å². The van der Waals surface area contributed by atoms with Crippen molar-refractivity contribution in [3.8, 4) is 0 Å². The van der Waals surface area contributed by atoms with E-state index in [9.17, 15) is 9.18 Å². The van der Waals surface area contributed by atoms with Crippen molar-refractivity contribution in [3.05, 3.63) is 29.3 Å². The SMILES string of the molecule is Cc1[nH]c2ncc(F)cc2c1C(=O)O. The molecule has 0 unspecified atom stereocenters. The van der Waals surface area contributed by atoms with Gasteiger partial charge in [0.15, 0.2) is 0 Å². The first kappa shape index (κ1) is 8.68. The molecular weight excluding hydrogens is 187 g/mol. The third kappa shape index (κ3) is 1.14. The Morgan fingerprint density at radius 3 is 3.00 bits per heavy atom. The van der Waals surface area contributed by atoms with Crippen LogP contribution in [0.15, 0.2) is 12.3 Å². The second kappa shape index (κ2) is 2.80. The monoisotopic (exact) mass is 194 g/mol. The smallest absolute Gasteiger partial charge is 0.338 e. The number of aryl methyl sites for hydroxylation is 1. The summed E-state index contributed by atoms with van der Waals surface area (Å²) >= 11 is 0. The lowest BCUT2D eigenvalue weighted by Gasteiger charge is -1.92. The van der Waals surface area contributed by atoms with Crippen LogP contribution in [0.2, 0.25) is 0 Å². The molecular formula is C9H7FN2O2. The predicted molar refractivity (Wildman–Crippen MR) is 47.7 cm³/mol. The van der Waals surface area contributed by atoms with Crippen molar-refractivity contribution in [2.45, 2.75) is 6.92 Å². The van der Waals surface area contributed by atoms with Crippen molar-refractivity contribution < 1.29 is 14.3 Å². The number of hydrogen-bond acceptors (Lipinski definition) is 2. The lowest BCUT2D eigenvalue weighted by Crippen LogP contribution is -1.97. The minimum atomic E-state index is -1.08. The Bertz CT molecular complexity index is 519. The minimum absolute atomic E-state index is 0.0759. The zero-order chi connectivity index (χ0) is 10.3. The van der Waals surface area contributed by atoms with Crippen LogP contribution in [0.1, 0.15) is 16.1 Å². The summed E-state index contributed by atoms with van der Waals surface area (Å²) in [6.45, 7) is 1.61. The van der Waals surface area contributed by atoms with E-state index in [1.54, 1.807) is 6.92 Å². The summed E-state index contributed by atoms with van der Waals surface area (Å²) in [5.41, 5.74) is 0.943. The van der Waals surface area contributed by atoms with Crippen LogP contribution in [-0.2, 0) is 0 Å². The van der Waals surface area contributed by atoms with Gasteiger partial charge in [0.2, 0.25) is 0 Å². The van der Waals surface area contributed by atoms with Gasteiger partial charge in [-0.1, -0.05) is 0 Å². The number of nitrogens with zero attached hydrogens (tertiary/aromatic N) is 1. The van der Waals surface area contributed by atoms with Crippen LogP contribution in [0.25, 0.3) is 11.0 Å². The first-order valence-electron chi connectivity index (χ1n) is 3.96. The molecule has 0 amide bonds. The van der Waals surface area contributed by atoms with Crippen molar-refractivity contribution in [1.29, 1.82) is 0 Å². The van der Waals surface area contributed by atoms with Gasteiger partial charge in [-0.3, -0.25) is 0 Å². The van der Waals surface area contributed by atoms with Crippen molar-refractivity contribution >= 4 is 17.0 Å². The highest BCUT2D eigenvalue weighted by molar-refractivity contribution is 6.03. The van der Waals surface area contributed by atoms with Crippen molar-refractivity contribution in [2.75, 3.05) is 0 Å². The maximum atomic E-state index is 12.8. The summed E-state index contributed by atoms with van der Waals surface area (Å²) in [7, 11) is 0. The van der Waals surface area contributed by atoms with E-state index in [0.29, 0.717) is 16.7 Å². The number of aromatic carboxylic acids is 1. The number of halogens is 1. The number of carbonyl (C=O) groups is 1. The van der Waals surface area contributed by atoms with Crippen LogP contribution in [-0.4, -0.2) is 21.0 Å². The minimum Gasteiger partial charge on any atom is -0.478 e. The quantitative estimate of drug-likeness (QED) is 0.726. The van der Waals surface area contributed by atoms with Crippen LogP contribution in [0.3, 0.4) is 0 Å². The van der Waals surface area contributed by atoms with Gasteiger partial charge in [0, 0.05) is 11.1 Å². The molecule has 0 aromatic carbocycles. The fraction of sp³-hybridized carbons (Fsp3) is 0.111. The summed E-state index contributed by atoms with van der Waals surface area (Å²) in [6.07, 6.45) is 1.05. The molecule has 0 aliphatic carbocycles. The normalized spacial score (nSPS) is 10.7. The second-order valence-electron chi connectivity index (χ2n) is 2.98. The summed E-state index contributed by atoms with van der Waals surface area (Å²) in [4.78, 5) is 17.4. The number of rotatable bonds is 1. The van der Waals surface area contributed by atoms with Crippen LogP contribution in [0, 0.1) is 12.7 Å². The summed E-state index contributed by atoms with van der Waals surface area (Å²) in [5, 5.41) is 9.17. The van der Waals surface area contributed by atoms with E-state index in [0.717, 1.165) is 12.3 Å². The molecule has 5 heteroatoms. The van der Waals surface area contributed by atoms with Gasteiger partial charge in [0.1, 0.15) is 11.5 Å². The lowest BCUT2D eigenvalue weighted by molar-refractivity contribution is 0.0698. The molecule has 0 aliphatic rings. The first-order valence-corrected chi connectivity index (χ1v) is 3.96. The number of aromatic amines is 1. The molecule has 4 nitrogen and oxygen atoms in total. The molecule has 0 saturated heterocycles. The van der Waals surface area contributed by atoms with Crippen molar-refractivity contribution in [2.24, 2.45) is 0 Å². The topological polar surface area (TPSA) is 66.0 Å². The molecule has 0 spiro atoms. The second-order valence-corrected chi connectivity index (χ2v) is 2.98. The maximum absolute atomic E-state index is 12.8. The molecule has 2 N–H and O–H groups in total. The standard InChI is InChI=1S/C9H7FN2O2/c1-4-7(9(13)14)6-2-5(10)3-11-8(6)12-4/h2-3H,1H3,(H,11,12)(H,13,14). The molecule has 14 heavy (non-hydrogen) atoms. The van der Waals surface area contributed by atoms with E-state index in [2.05, 4.69) is 9.97 Å². The van der Waals surface area contributed by atoms with Crippen LogP contribution < -0.4 is 0 Å². The van der Waals surface area contributed by atoms with E-state index in [1.165, 1.54) is 0 Å². The molecule has 2 heterocycles. The molecule has 0 atom stereocenters. The molecule has 2 rings (SSSR count). The number of carboxylic acid groups (broad SMARTS) is 1. The van der Waals surface area contributed by atoms with E-state index >= 15 is 0 Å². The third-order valence-corrected chi connectivity index (χ3v) is 2.02. The molecule has 2 aromatic rings. The van der Waals surface area contributed by atoms with Gasteiger partial charge in [0.25, 0.3) is 0 Å². The summed E-state index contributed by atoms with van der Waals surface area (Å²) in [5.74, 6) is -1.62. The van der Waals surface area contributed by atoms with Gasteiger partial charge in [-0.15, -0.1) is 0 Å². The molecule has 0 saturated carbocycles. The van der Waals surface area contributed by atoms with E-state index in [1.807, 2.05) is 0 Å². The van der Waals surface area contributed by atoms with Gasteiger partial charge in [-0.25, -0.2) is 14.2 Å². The highest BCUT2D eigenvalue weighted by Gasteiger charge is 2.15. The predicted octanol–water partition coefficient (Wildman–Crippen LogP) is 1.71. The largest absolute Gasteiger partial charge is 0.478 e. The number of nitrogens with one attached hydrogen (secondary N) is 1. The third-order valence-electron chi connectivity index (χ3n) is 2.02. The first-order chi connectivity index (χ1) is 6.59. The number of H-pyrrole nitrogens is 1. The van der Waals surface area contributed by atoms with Crippen molar-refractivity contribution in [1.82, 2.24) is 9.97 Å². The fourth-order valence-corrected chi connectivity index (χ4v) is 1.45. The highest BCUT2D eigenvalue weighted by Crippen LogP contribution is 2.20. The van der Waals surface area contributed by atoms with Crippen molar-refractivity contribution in [3.63, 3.8) is 0 Å². The van der Waals surface area contributed by atoms with E-state index < -0.39 is 11.8 Å². The molecule has 0 radical (unpaired) electrons. The molecule has 72 valence electrons. The Kier molecular flexibility index (Phi) is 1.73. The zero-order valence-electron chi connectivity index (χ0n) is 7.34. The fourth-order valence-electron chi connectivity index (χ4n) is 1.45. The van der Waals surface area contributed by atoms with Gasteiger partial charge in [0.05, 0.1) is 11.8 Å². The van der Waals surface area contributed by atoms with Crippen LogP contribution in [0.4, 0.5) is 4.39 Å². The highest BCUT2D eigenvalue weighted by atomic mass is 19.1. The Balaban J connectivity index is 2.86. The molecule has 0 bridgehead atoms. The Labute approximate surface area is 78.4 Å². The average Bonchev–Trinajstić information content (AvgIpc) is 2.40. The molecule has 2 aromatic heterocycles. The zero-order valence-corrected chi connectivity index (χ0v) is 7.34. The number of carboxylic acids is 1. The van der Waals surface area contributed by atoms with Gasteiger partial charge in [-0.05, 0) is 13.0 Å². The van der Waals surface area contributed by atoms with E-state index in [4.69, 9.17) is 5.11 Å². The molecule has 0 aliphatic heterocycles. The maximum Gasteiger partial charge on any atom is 0.338 e. The number of pyridine rings is 1. The Morgan fingerprint density at radius 1 is 1.64 bits per heavy atom.